The van der Waals surface area contributed by atoms with E-state index < -0.39 is 12.0 Å². The lowest BCUT2D eigenvalue weighted by Gasteiger charge is -2.38. The van der Waals surface area contributed by atoms with Crippen LogP contribution in [0.25, 0.3) is 0 Å². The number of amidine groups is 1. The summed E-state index contributed by atoms with van der Waals surface area (Å²) in [5, 5.41) is 0.603. The summed E-state index contributed by atoms with van der Waals surface area (Å²) in [7, 11) is 4.41. The summed E-state index contributed by atoms with van der Waals surface area (Å²) in [6, 6.07) is 4.73. The molecule has 0 saturated carbocycles. The SMILES string of the molecule is COC(=O)C1=C(C)N=C2SCCC(=O)N2[C@@H]1c1ccc(OC)c(OC)c1. The number of benzene rings is 1. The molecule has 1 atom stereocenters. The molecule has 138 valence electrons. The van der Waals surface area contributed by atoms with Gasteiger partial charge in [0.05, 0.1) is 38.6 Å². The van der Waals surface area contributed by atoms with E-state index in [9.17, 15) is 9.59 Å². The number of carbonyl (C=O) groups excluding carboxylic acids is 2. The van der Waals surface area contributed by atoms with Crippen LogP contribution in [0.15, 0.2) is 34.5 Å². The minimum atomic E-state index is -0.616. The van der Waals surface area contributed by atoms with Gasteiger partial charge < -0.3 is 14.2 Å². The highest BCUT2D eigenvalue weighted by atomic mass is 32.2. The molecule has 3 rings (SSSR count). The van der Waals surface area contributed by atoms with Gasteiger partial charge in [-0.3, -0.25) is 9.69 Å². The molecule has 2 aliphatic heterocycles. The molecule has 26 heavy (non-hydrogen) atoms. The Morgan fingerprint density at radius 3 is 2.62 bits per heavy atom. The number of methoxy groups -OCH3 is 3. The Morgan fingerprint density at radius 2 is 1.96 bits per heavy atom. The molecule has 1 saturated heterocycles. The number of fused-ring (bicyclic) bond motifs is 1. The maximum Gasteiger partial charge on any atom is 0.338 e. The average Bonchev–Trinajstić information content (AvgIpc) is 2.66. The van der Waals surface area contributed by atoms with Crippen molar-refractivity contribution in [3.05, 3.63) is 35.0 Å². The van der Waals surface area contributed by atoms with Gasteiger partial charge in [-0.05, 0) is 24.6 Å². The van der Waals surface area contributed by atoms with E-state index in [1.165, 1.54) is 18.9 Å². The van der Waals surface area contributed by atoms with E-state index in [1.54, 1.807) is 38.2 Å². The maximum absolute atomic E-state index is 12.7. The van der Waals surface area contributed by atoms with Crippen LogP contribution in [0, 0.1) is 0 Å². The molecule has 1 aromatic carbocycles. The van der Waals surface area contributed by atoms with Gasteiger partial charge in [0, 0.05) is 12.2 Å². The molecule has 1 amide bonds. The largest absolute Gasteiger partial charge is 0.493 e. The van der Waals surface area contributed by atoms with Crippen LogP contribution in [-0.4, -0.2) is 49.0 Å². The highest BCUT2D eigenvalue weighted by molar-refractivity contribution is 8.14. The second-order valence-electron chi connectivity index (χ2n) is 5.76. The fourth-order valence-electron chi connectivity index (χ4n) is 3.11. The smallest absolute Gasteiger partial charge is 0.338 e. The van der Waals surface area contributed by atoms with Crippen molar-refractivity contribution in [1.29, 1.82) is 0 Å². The van der Waals surface area contributed by atoms with Crippen molar-refractivity contribution in [2.24, 2.45) is 4.99 Å². The van der Waals surface area contributed by atoms with Crippen molar-refractivity contribution in [2.75, 3.05) is 27.1 Å². The van der Waals surface area contributed by atoms with Crippen LogP contribution in [0.2, 0.25) is 0 Å². The van der Waals surface area contributed by atoms with Crippen LogP contribution in [-0.2, 0) is 14.3 Å². The fraction of sp³-hybridized carbons (Fsp3) is 0.389. The molecule has 0 aliphatic carbocycles. The van der Waals surface area contributed by atoms with Gasteiger partial charge in [0.2, 0.25) is 5.91 Å². The second kappa shape index (κ2) is 7.41. The number of aliphatic imine (C=N–C) groups is 1. The highest BCUT2D eigenvalue weighted by Gasteiger charge is 2.41. The molecule has 2 heterocycles. The molecular weight excluding hydrogens is 356 g/mol. The zero-order valence-electron chi connectivity index (χ0n) is 15.1. The summed E-state index contributed by atoms with van der Waals surface area (Å²) in [6.45, 7) is 1.75. The Kier molecular flexibility index (Phi) is 5.22. The van der Waals surface area contributed by atoms with Crippen LogP contribution in [0.5, 0.6) is 11.5 Å². The molecular formula is C18H20N2O5S. The summed E-state index contributed by atoms with van der Waals surface area (Å²) >= 11 is 1.50. The van der Waals surface area contributed by atoms with E-state index in [0.717, 1.165) is 5.56 Å². The molecule has 0 bridgehead atoms. The summed E-state index contributed by atoms with van der Waals surface area (Å²) in [4.78, 5) is 31.2. The van der Waals surface area contributed by atoms with Crippen LogP contribution >= 0.6 is 11.8 Å². The van der Waals surface area contributed by atoms with Crippen molar-refractivity contribution in [2.45, 2.75) is 19.4 Å². The monoisotopic (exact) mass is 376 g/mol. The van der Waals surface area contributed by atoms with E-state index in [0.29, 0.717) is 40.1 Å². The van der Waals surface area contributed by atoms with Gasteiger partial charge >= 0.3 is 5.97 Å². The lowest BCUT2D eigenvalue weighted by Crippen LogP contribution is -2.45. The second-order valence-corrected chi connectivity index (χ2v) is 6.83. The number of thioether (sulfide) groups is 1. The molecule has 0 radical (unpaired) electrons. The highest BCUT2D eigenvalue weighted by Crippen LogP contribution is 2.42. The van der Waals surface area contributed by atoms with Crippen LogP contribution < -0.4 is 9.47 Å². The van der Waals surface area contributed by atoms with Gasteiger partial charge in [0.25, 0.3) is 0 Å². The number of rotatable bonds is 4. The van der Waals surface area contributed by atoms with E-state index in [4.69, 9.17) is 14.2 Å². The van der Waals surface area contributed by atoms with E-state index in [2.05, 4.69) is 4.99 Å². The Hall–Kier alpha value is -2.48. The molecule has 0 unspecified atom stereocenters. The number of ether oxygens (including phenoxy) is 3. The zero-order valence-corrected chi connectivity index (χ0v) is 15.9. The fourth-order valence-corrected chi connectivity index (χ4v) is 4.11. The zero-order chi connectivity index (χ0) is 18.8. The Morgan fingerprint density at radius 1 is 1.23 bits per heavy atom. The van der Waals surface area contributed by atoms with Gasteiger partial charge in [0.1, 0.15) is 0 Å². The third-order valence-corrected chi connectivity index (χ3v) is 5.29. The first kappa shape index (κ1) is 18.3. The van der Waals surface area contributed by atoms with Gasteiger partial charge in [-0.15, -0.1) is 0 Å². The lowest BCUT2D eigenvalue weighted by molar-refractivity contribution is -0.137. The van der Waals surface area contributed by atoms with Crippen LogP contribution in [0.1, 0.15) is 24.9 Å². The molecule has 1 fully saturated rings. The predicted octanol–water partition coefficient (Wildman–Crippen LogP) is 2.53. The predicted molar refractivity (Wildman–Crippen MR) is 98.4 cm³/mol. The minimum absolute atomic E-state index is 0.0730. The Bertz CT molecular complexity index is 818. The maximum atomic E-state index is 12.7. The number of carbonyl (C=O) groups is 2. The van der Waals surface area contributed by atoms with Gasteiger partial charge in [-0.2, -0.15) is 0 Å². The number of hydrogen-bond acceptors (Lipinski definition) is 7. The molecule has 1 aromatic rings. The first-order chi connectivity index (χ1) is 12.5. The Balaban J connectivity index is 2.18. The van der Waals surface area contributed by atoms with Gasteiger partial charge in [-0.25, -0.2) is 9.79 Å². The van der Waals surface area contributed by atoms with E-state index in [-0.39, 0.29) is 5.91 Å². The number of amides is 1. The summed E-state index contributed by atoms with van der Waals surface area (Å²) in [5.74, 6) is 1.19. The summed E-state index contributed by atoms with van der Waals surface area (Å²) in [5.41, 5.74) is 1.62. The molecule has 2 aliphatic rings. The first-order valence-electron chi connectivity index (χ1n) is 8.06. The normalized spacial score (nSPS) is 19.7. The lowest BCUT2D eigenvalue weighted by atomic mass is 9.94. The number of allylic oxidation sites excluding steroid dienone is 1. The van der Waals surface area contributed by atoms with Gasteiger partial charge in [-0.1, -0.05) is 17.8 Å². The molecule has 8 heteroatoms. The van der Waals surface area contributed by atoms with E-state index >= 15 is 0 Å². The van der Waals surface area contributed by atoms with Crippen LogP contribution in [0.4, 0.5) is 0 Å². The van der Waals surface area contributed by atoms with Gasteiger partial charge in [0.15, 0.2) is 16.7 Å². The molecule has 0 aromatic heterocycles. The number of nitrogens with zero attached hydrogens (tertiary/aromatic N) is 2. The molecule has 0 N–H and O–H groups in total. The third kappa shape index (κ3) is 3.05. The molecule has 0 spiro atoms. The molecule has 7 nitrogen and oxygen atoms in total. The first-order valence-corrected chi connectivity index (χ1v) is 9.05. The van der Waals surface area contributed by atoms with Crippen molar-refractivity contribution in [1.82, 2.24) is 4.90 Å². The quantitative estimate of drug-likeness (QED) is 0.752. The number of hydrogen-bond donors (Lipinski definition) is 0. The van der Waals surface area contributed by atoms with Crippen LogP contribution in [0.3, 0.4) is 0 Å². The summed E-state index contributed by atoms with van der Waals surface area (Å²) < 4.78 is 15.6. The number of esters is 1. The third-order valence-electron chi connectivity index (χ3n) is 4.34. The van der Waals surface area contributed by atoms with Crippen molar-refractivity contribution < 1.29 is 23.8 Å². The van der Waals surface area contributed by atoms with Crippen molar-refractivity contribution >= 4 is 28.8 Å². The standard InChI is InChI=1S/C18H20N2O5S/c1-10-15(17(22)25-4)16(20-14(21)7-8-26-18(20)19-10)11-5-6-12(23-2)13(9-11)24-3/h5-6,9,16H,7-8H2,1-4H3/t16-/m1/s1. The van der Waals surface area contributed by atoms with Crippen molar-refractivity contribution in [3.8, 4) is 11.5 Å². The Labute approximate surface area is 156 Å². The summed E-state index contributed by atoms with van der Waals surface area (Å²) in [6.07, 6.45) is 0.390. The topological polar surface area (TPSA) is 77.4 Å². The van der Waals surface area contributed by atoms with Crippen molar-refractivity contribution in [3.63, 3.8) is 0 Å². The minimum Gasteiger partial charge on any atom is -0.493 e. The average molecular weight is 376 g/mol. The van der Waals surface area contributed by atoms with E-state index in [1.807, 2.05) is 6.07 Å².